The Balaban J connectivity index is 1.83. The molecule has 0 aliphatic heterocycles. The molecule has 0 saturated carbocycles. The molecule has 0 spiro atoms. The predicted molar refractivity (Wildman–Crippen MR) is 96.8 cm³/mol. The second-order valence-electron chi connectivity index (χ2n) is 5.96. The maximum atomic E-state index is 12.5. The number of likely N-dealkylation sites (N-methyl/N-ethyl adjacent to an activating group) is 1. The molecule has 0 heterocycles. The Bertz CT molecular complexity index is 810. The molecule has 1 atom stereocenters. The maximum absolute atomic E-state index is 12.5. The van der Waals surface area contributed by atoms with Crippen molar-refractivity contribution < 1.29 is 27.7 Å². The summed E-state index contributed by atoms with van der Waals surface area (Å²) in [6, 6.07) is 10.9. The number of quaternary nitrogens is 1. The van der Waals surface area contributed by atoms with E-state index in [2.05, 4.69) is 10.6 Å². The molecule has 0 fully saturated rings. The van der Waals surface area contributed by atoms with Crippen LogP contribution >= 0.6 is 11.6 Å². The summed E-state index contributed by atoms with van der Waals surface area (Å²) in [5.74, 6) is -0.735. The minimum absolute atomic E-state index is 0.0195. The van der Waals surface area contributed by atoms with Crippen LogP contribution in [0.25, 0.3) is 0 Å². The first kappa shape index (κ1) is 20.7. The van der Waals surface area contributed by atoms with Crippen molar-refractivity contribution in [2.75, 3.05) is 30.8 Å². The lowest BCUT2D eigenvalue weighted by Crippen LogP contribution is -3.11. The summed E-state index contributed by atoms with van der Waals surface area (Å²) < 4.78 is 37.6. The van der Waals surface area contributed by atoms with Gasteiger partial charge in [-0.15, -0.1) is 0 Å². The van der Waals surface area contributed by atoms with Crippen LogP contribution in [-0.4, -0.2) is 32.0 Å². The molecule has 0 aliphatic carbocycles. The number of para-hydroxylation sites is 1. The van der Waals surface area contributed by atoms with Crippen LogP contribution < -0.4 is 15.5 Å². The first-order valence-corrected chi connectivity index (χ1v) is 8.36. The van der Waals surface area contributed by atoms with Gasteiger partial charge in [0, 0.05) is 5.69 Å². The van der Waals surface area contributed by atoms with Gasteiger partial charge in [-0.1, -0.05) is 23.7 Å². The number of carbonyl (C=O) groups is 2. The van der Waals surface area contributed by atoms with E-state index in [1.165, 1.54) is 12.1 Å². The van der Waals surface area contributed by atoms with Crippen molar-refractivity contribution in [3.8, 4) is 0 Å². The zero-order valence-electron chi connectivity index (χ0n) is 14.4. The van der Waals surface area contributed by atoms with Crippen molar-refractivity contribution in [1.29, 1.82) is 0 Å². The Morgan fingerprint density at radius 1 is 0.963 bits per heavy atom. The van der Waals surface area contributed by atoms with Crippen molar-refractivity contribution in [2.45, 2.75) is 6.18 Å². The third-order valence-electron chi connectivity index (χ3n) is 3.57. The fourth-order valence-electron chi connectivity index (χ4n) is 2.32. The monoisotopic (exact) mass is 400 g/mol. The Labute approximate surface area is 159 Å². The van der Waals surface area contributed by atoms with Crippen molar-refractivity contribution in [3.05, 3.63) is 59.1 Å². The third kappa shape index (κ3) is 6.58. The molecule has 1 unspecified atom stereocenters. The largest absolute Gasteiger partial charge is 0.416 e. The van der Waals surface area contributed by atoms with Crippen LogP contribution in [0.1, 0.15) is 5.56 Å². The molecule has 9 heteroatoms. The van der Waals surface area contributed by atoms with Gasteiger partial charge in [0.25, 0.3) is 11.8 Å². The van der Waals surface area contributed by atoms with E-state index < -0.39 is 17.6 Å². The smallest absolute Gasteiger partial charge is 0.322 e. The number of benzene rings is 2. The van der Waals surface area contributed by atoms with E-state index in [0.717, 1.165) is 12.1 Å². The van der Waals surface area contributed by atoms with Crippen molar-refractivity contribution in [2.24, 2.45) is 0 Å². The van der Waals surface area contributed by atoms with Crippen LogP contribution in [0.5, 0.6) is 0 Å². The highest BCUT2D eigenvalue weighted by atomic mass is 35.5. The molecule has 144 valence electrons. The van der Waals surface area contributed by atoms with Gasteiger partial charge in [0.1, 0.15) is 0 Å². The van der Waals surface area contributed by atoms with E-state index in [-0.39, 0.29) is 24.7 Å². The van der Waals surface area contributed by atoms with E-state index in [9.17, 15) is 22.8 Å². The van der Waals surface area contributed by atoms with Gasteiger partial charge in [-0.3, -0.25) is 9.59 Å². The van der Waals surface area contributed by atoms with E-state index in [1.807, 2.05) is 0 Å². The zero-order valence-corrected chi connectivity index (χ0v) is 15.1. The van der Waals surface area contributed by atoms with Crippen LogP contribution in [-0.2, 0) is 15.8 Å². The lowest BCUT2D eigenvalue weighted by molar-refractivity contribution is -0.862. The maximum Gasteiger partial charge on any atom is 0.416 e. The van der Waals surface area contributed by atoms with Gasteiger partial charge >= 0.3 is 6.18 Å². The highest BCUT2D eigenvalue weighted by molar-refractivity contribution is 6.33. The highest BCUT2D eigenvalue weighted by Crippen LogP contribution is 2.29. The number of hydrogen-bond donors (Lipinski definition) is 3. The number of halogens is 4. The van der Waals surface area contributed by atoms with Gasteiger partial charge in [-0.25, -0.2) is 0 Å². The molecule has 2 amide bonds. The summed E-state index contributed by atoms with van der Waals surface area (Å²) in [4.78, 5) is 24.6. The number of nitrogens with one attached hydrogen (secondary N) is 3. The number of amides is 2. The first-order chi connectivity index (χ1) is 12.6. The fraction of sp³-hybridized carbons (Fsp3) is 0.222. The lowest BCUT2D eigenvalue weighted by atomic mass is 10.2. The highest BCUT2D eigenvalue weighted by Gasteiger charge is 2.30. The number of alkyl halides is 3. The molecule has 2 rings (SSSR count). The average molecular weight is 401 g/mol. The van der Waals surface area contributed by atoms with Crippen LogP contribution in [0.4, 0.5) is 24.5 Å². The fourth-order valence-corrected chi connectivity index (χ4v) is 2.50. The van der Waals surface area contributed by atoms with Crippen LogP contribution in [0.3, 0.4) is 0 Å². The lowest BCUT2D eigenvalue weighted by Gasteiger charge is -2.14. The Hall–Kier alpha value is -2.58. The molecule has 0 aliphatic rings. The average Bonchev–Trinajstić information content (AvgIpc) is 2.56. The van der Waals surface area contributed by atoms with Crippen LogP contribution in [0.2, 0.25) is 5.02 Å². The van der Waals surface area contributed by atoms with Gasteiger partial charge in [0.05, 0.1) is 23.3 Å². The summed E-state index contributed by atoms with van der Waals surface area (Å²) in [5.41, 5.74) is -0.0630. The van der Waals surface area contributed by atoms with Gasteiger partial charge in [0.15, 0.2) is 13.1 Å². The summed E-state index contributed by atoms with van der Waals surface area (Å²) in [6.45, 7) is -0.0113. The molecule has 0 radical (unpaired) electrons. The van der Waals surface area contributed by atoms with Crippen molar-refractivity contribution in [1.82, 2.24) is 0 Å². The zero-order chi connectivity index (χ0) is 20.0. The van der Waals surface area contributed by atoms with Crippen LogP contribution in [0, 0.1) is 0 Å². The predicted octanol–water partition coefficient (Wildman–Crippen LogP) is 2.45. The Morgan fingerprint density at radius 3 is 2.07 bits per heavy atom. The number of anilines is 2. The number of rotatable bonds is 6. The molecule has 3 N–H and O–H groups in total. The minimum Gasteiger partial charge on any atom is -0.322 e. The van der Waals surface area contributed by atoms with E-state index in [0.29, 0.717) is 15.6 Å². The summed E-state index contributed by atoms with van der Waals surface area (Å²) in [6.07, 6.45) is -4.43. The SMILES string of the molecule is C[NH+](CC(=O)Nc1ccc(C(F)(F)F)cc1)CC(=O)Nc1ccccc1Cl. The second-order valence-corrected chi connectivity index (χ2v) is 6.37. The topological polar surface area (TPSA) is 62.6 Å². The molecular formula is C18H18ClF3N3O2+. The van der Waals surface area contributed by atoms with Crippen molar-refractivity contribution >= 4 is 34.8 Å². The van der Waals surface area contributed by atoms with Gasteiger partial charge in [-0.2, -0.15) is 13.2 Å². The molecule has 2 aromatic carbocycles. The summed E-state index contributed by atoms with van der Waals surface area (Å²) in [5, 5.41) is 5.56. The Kier molecular flexibility index (Phi) is 6.81. The summed E-state index contributed by atoms with van der Waals surface area (Å²) in [7, 11) is 1.65. The molecule has 5 nitrogen and oxygen atoms in total. The molecule has 27 heavy (non-hydrogen) atoms. The molecule has 2 aromatic rings. The second kappa shape index (κ2) is 8.88. The van der Waals surface area contributed by atoms with E-state index >= 15 is 0 Å². The van der Waals surface area contributed by atoms with E-state index in [4.69, 9.17) is 11.6 Å². The van der Waals surface area contributed by atoms with Crippen LogP contribution in [0.15, 0.2) is 48.5 Å². The molecule has 0 bridgehead atoms. The van der Waals surface area contributed by atoms with E-state index in [1.54, 1.807) is 31.3 Å². The number of hydrogen-bond acceptors (Lipinski definition) is 2. The molecule has 0 saturated heterocycles. The number of carbonyl (C=O) groups excluding carboxylic acids is 2. The minimum atomic E-state index is -4.43. The molecule has 0 aromatic heterocycles. The molecular weight excluding hydrogens is 383 g/mol. The van der Waals surface area contributed by atoms with Gasteiger partial charge < -0.3 is 15.5 Å². The quantitative estimate of drug-likeness (QED) is 0.697. The normalized spacial score (nSPS) is 12.3. The summed E-state index contributed by atoms with van der Waals surface area (Å²) >= 11 is 5.96. The standard InChI is InChI=1S/C18H17ClF3N3O2/c1-25(11-17(27)24-15-5-3-2-4-14(15)19)10-16(26)23-13-8-6-12(7-9-13)18(20,21)22/h2-9H,10-11H2,1H3,(H,23,26)(H,24,27)/p+1. The van der Waals surface area contributed by atoms with Crippen molar-refractivity contribution in [3.63, 3.8) is 0 Å². The van der Waals surface area contributed by atoms with Gasteiger partial charge in [0.2, 0.25) is 0 Å². The van der Waals surface area contributed by atoms with Gasteiger partial charge in [-0.05, 0) is 36.4 Å². The third-order valence-corrected chi connectivity index (χ3v) is 3.90. The first-order valence-electron chi connectivity index (χ1n) is 7.98. The Morgan fingerprint density at radius 2 is 1.52 bits per heavy atom.